The number of hydrogen-bond acceptors (Lipinski definition) is 2. The fraction of sp³-hybridized carbons (Fsp3) is 0.417. The number of aliphatic hydroxyl groups excluding tert-OH is 1. The topological polar surface area (TPSA) is 40.5 Å². The molecule has 0 aromatic heterocycles. The van der Waals surface area contributed by atoms with Crippen molar-refractivity contribution in [2.24, 2.45) is 5.92 Å². The lowest BCUT2D eigenvalue weighted by atomic mass is 10.1. The van der Waals surface area contributed by atoms with E-state index in [0.29, 0.717) is 6.54 Å². The van der Waals surface area contributed by atoms with Crippen LogP contribution >= 0.6 is 11.6 Å². The number of anilines is 1. The minimum absolute atomic E-state index is 0.0533. The van der Waals surface area contributed by atoms with Crippen LogP contribution in [0.1, 0.15) is 5.56 Å². The molecule has 1 saturated heterocycles. The molecule has 1 N–H and O–H groups in total. The molecule has 0 aliphatic carbocycles. The van der Waals surface area contributed by atoms with Crippen molar-refractivity contribution in [3.8, 4) is 0 Å². The van der Waals surface area contributed by atoms with Crippen LogP contribution in [0.2, 0.25) is 0 Å². The van der Waals surface area contributed by atoms with E-state index >= 15 is 0 Å². The molecule has 1 aliphatic rings. The van der Waals surface area contributed by atoms with Gasteiger partial charge in [-0.25, -0.2) is 0 Å². The Kier molecular flexibility index (Phi) is 3.17. The summed E-state index contributed by atoms with van der Waals surface area (Å²) in [7, 11) is 0. The Labute approximate surface area is 99.6 Å². The summed E-state index contributed by atoms with van der Waals surface area (Å²) in [6.07, 6.45) is 0. The van der Waals surface area contributed by atoms with E-state index in [1.165, 1.54) is 0 Å². The maximum atomic E-state index is 11.8. The molecule has 0 unspecified atom stereocenters. The highest BCUT2D eigenvalue weighted by Gasteiger charge is 2.39. The van der Waals surface area contributed by atoms with Gasteiger partial charge in [0.15, 0.2) is 0 Å². The second-order valence-electron chi connectivity index (χ2n) is 4.13. The monoisotopic (exact) mass is 239 g/mol. The molecule has 2 atom stereocenters. The van der Waals surface area contributed by atoms with E-state index < -0.39 is 5.38 Å². The van der Waals surface area contributed by atoms with E-state index in [0.717, 1.165) is 11.3 Å². The molecule has 1 fully saturated rings. The summed E-state index contributed by atoms with van der Waals surface area (Å²) in [5.74, 6) is -0.292. The zero-order valence-electron chi connectivity index (χ0n) is 9.06. The Morgan fingerprint density at radius 2 is 2.06 bits per heavy atom. The van der Waals surface area contributed by atoms with Crippen LogP contribution in [0.15, 0.2) is 24.3 Å². The zero-order chi connectivity index (χ0) is 11.7. The Bertz CT molecular complexity index is 391. The second kappa shape index (κ2) is 4.44. The van der Waals surface area contributed by atoms with Crippen molar-refractivity contribution in [1.29, 1.82) is 0 Å². The molecule has 86 valence electrons. The Morgan fingerprint density at radius 1 is 1.44 bits per heavy atom. The third-order valence-corrected chi connectivity index (χ3v) is 3.46. The molecule has 0 saturated carbocycles. The summed E-state index contributed by atoms with van der Waals surface area (Å²) in [5, 5.41) is 8.49. The van der Waals surface area contributed by atoms with Gasteiger partial charge in [0, 0.05) is 24.8 Å². The van der Waals surface area contributed by atoms with Crippen LogP contribution in [-0.2, 0) is 4.79 Å². The third-order valence-electron chi connectivity index (χ3n) is 2.91. The van der Waals surface area contributed by atoms with E-state index in [4.69, 9.17) is 16.7 Å². The average molecular weight is 240 g/mol. The number of carbonyl (C=O) groups is 1. The van der Waals surface area contributed by atoms with Crippen LogP contribution < -0.4 is 4.90 Å². The normalized spacial score (nSPS) is 25.2. The molecular formula is C12H14ClNO2. The van der Waals surface area contributed by atoms with Crippen LogP contribution in [0.4, 0.5) is 5.69 Å². The fourth-order valence-corrected chi connectivity index (χ4v) is 2.15. The summed E-state index contributed by atoms with van der Waals surface area (Å²) in [4.78, 5) is 13.5. The van der Waals surface area contributed by atoms with Crippen molar-refractivity contribution >= 4 is 23.2 Å². The molecule has 1 aromatic rings. The smallest absolute Gasteiger partial charge is 0.245 e. The van der Waals surface area contributed by atoms with Crippen LogP contribution in [0.5, 0.6) is 0 Å². The largest absolute Gasteiger partial charge is 0.396 e. The number of amides is 1. The summed E-state index contributed by atoms with van der Waals surface area (Å²) >= 11 is 5.95. The highest BCUT2D eigenvalue weighted by molar-refractivity contribution is 6.34. The first-order valence-corrected chi connectivity index (χ1v) is 5.70. The van der Waals surface area contributed by atoms with Gasteiger partial charge in [-0.2, -0.15) is 0 Å². The average Bonchev–Trinajstić information content (AvgIpc) is 2.57. The molecule has 0 radical (unpaired) electrons. The minimum atomic E-state index is -0.605. The highest BCUT2D eigenvalue weighted by atomic mass is 35.5. The van der Waals surface area contributed by atoms with Gasteiger partial charge in [0.1, 0.15) is 5.38 Å². The molecule has 4 heteroatoms. The van der Waals surface area contributed by atoms with Crippen LogP contribution in [-0.4, -0.2) is 29.5 Å². The Morgan fingerprint density at radius 3 is 2.56 bits per heavy atom. The van der Waals surface area contributed by atoms with Gasteiger partial charge in [0.05, 0.1) is 0 Å². The van der Waals surface area contributed by atoms with Gasteiger partial charge in [-0.05, 0) is 19.1 Å². The number of carbonyl (C=O) groups excluding carboxylic acids is 1. The van der Waals surface area contributed by atoms with Crippen molar-refractivity contribution in [2.75, 3.05) is 18.1 Å². The molecule has 1 aromatic carbocycles. The number of aryl methyl sites for hydroxylation is 1. The van der Waals surface area contributed by atoms with E-state index in [-0.39, 0.29) is 18.4 Å². The van der Waals surface area contributed by atoms with Crippen LogP contribution in [0, 0.1) is 12.8 Å². The van der Waals surface area contributed by atoms with Gasteiger partial charge in [-0.3, -0.25) is 4.79 Å². The first-order chi connectivity index (χ1) is 7.63. The minimum Gasteiger partial charge on any atom is -0.396 e. The lowest BCUT2D eigenvalue weighted by molar-refractivity contribution is -0.117. The number of aliphatic hydroxyl groups is 1. The SMILES string of the molecule is Cc1ccc(N2C[C@@H](CO)[C@H](Cl)C2=O)cc1. The molecular weight excluding hydrogens is 226 g/mol. The quantitative estimate of drug-likeness (QED) is 0.796. The maximum Gasteiger partial charge on any atom is 0.245 e. The van der Waals surface area contributed by atoms with E-state index in [9.17, 15) is 4.79 Å². The standard InChI is InChI=1S/C12H14ClNO2/c1-8-2-4-10(5-3-8)14-6-9(7-15)11(13)12(14)16/h2-5,9,11,15H,6-7H2,1H3/t9-,11-/m0/s1. The molecule has 16 heavy (non-hydrogen) atoms. The van der Waals surface area contributed by atoms with Crippen molar-refractivity contribution < 1.29 is 9.90 Å². The predicted molar refractivity (Wildman–Crippen MR) is 63.7 cm³/mol. The number of nitrogens with zero attached hydrogens (tertiary/aromatic N) is 1. The number of hydrogen-bond donors (Lipinski definition) is 1. The Balaban J connectivity index is 2.23. The van der Waals surface area contributed by atoms with Gasteiger partial charge < -0.3 is 10.0 Å². The molecule has 1 heterocycles. The van der Waals surface area contributed by atoms with Crippen LogP contribution in [0.3, 0.4) is 0 Å². The van der Waals surface area contributed by atoms with Crippen molar-refractivity contribution in [3.63, 3.8) is 0 Å². The molecule has 0 bridgehead atoms. The first kappa shape index (κ1) is 11.4. The molecule has 1 aliphatic heterocycles. The first-order valence-electron chi connectivity index (χ1n) is 5.26. The van der Waals surface area contributed by atoms with Crippen molar-refractivity contribution in [2.45, 2.75) is 12.3 Å². The number of benzene rings is 1. The second-order valence-corrected chi connectivity index (χ2v) is 4.60. The van der Waals surface area contributed by atoms with E-state index in [1.54, 1.807) is 4.90 Å². The number of halogens is 1. The molecule has 2 rings (SSSR count). The lowest BCUT2D eigenvalue weighted by Crippen LogP contribution is -2.27. The predicted octanol–water partition coefficient (Wildman–Crippen LogP) is 1.56. The van der Waals surface area contributed by atoms with E-state index in [1.807, 2.05) is 31.2 Å². The summed E-state index contributed by atoms with van der Waals surface area (Å²) in [6, 6.07) is 7.71. The number of rotatable bonds is 2. The fourth-order valence-electron chi connectivity index (χ4n) is 1.88. The summed E-state index contributed by atoms with van der Waals surface area (Å²) in [6.45, 7) is 2.44. The summed E-state index contributed by atoms with van der Waals surface area (Å²) in [5.41, 5.74) is 1.99. The highest BCUT2D eigenvalue weighted by Crippen LogP contribution is 2.28. The maximum absolute atomic E-state index is 11.8. The molecule has 3 nitrogen and oxygen atoms in total. The lowest BCUT2D eigenvalue weighted by Gasteiger charge is -2.16. The Hall–Kier alpha value is -1.06. The van der Waals surface area contributed by atoms with Gasteiger partial charge in [-0.1, -0.05) is 17.7 Å². The molecule has 0 spiro atoms. The van der Waals surface area contributed by atoms with Crippen molar-refractivity contribution in [3.05, 3.63) is 29.8 Å². The summed E-state index contributed by atoms with van der Waals surface area (Å²) < 4.78 is 0. The van der Waals surface area contributed by atoms with E-state index in [2.05, 4.69) is 0 Å². The van der Waals surface area contributed by atoms with Gasteiger partial charge in [0.2, 0.25) is 5.91 Å². The third kappa shape index (κ3) is 1.93. The van der Waals surface area contributed by atoms with Gasteiger partial charge in [0.25, 0.3) is 0 Å². The van der Waals surface area contributed by atoms with Crippen molar-refractivity contribution in [1.82, 2.24) is 0 Å². The van der Waals surface area contributed by atoms with Gasteiger partial charge >= 0.3 is 0 Å². The van der Waals surface area contributed by atoms with Gasteiger partial charge in [-0.15, -0.1) is 11.6 Å². The molecule has 1 amide bonds. The number of alkyl halides is 1. The van der Waals surface area contributed by atoms with Crippen LogP contribution in [0.25, 0.3) is 0 Å². The zero-order valence-corrected chi connectivity index (χ0v) is 9.81.